The van der Waals surface area contributed by atoms with E-state index in [1.807, 2.05) is 13.8 Å². The van der Waals surface area contributed by atoms with E-state index < -0.39 is 0 Å². The van der Waals surface area contributed by atoms with Gasteiger partial charge in [0.2, 0.25) is 11.8 Å². The van der Waals surface area contributed by atoms with Crippen molar-refractivity contribution in [2.24, 2.45) is 0 Å². The van der Waals surface area contributed by atoms with Gasteiger partial charge in [0, 0.05) is 19.0 Å². The van der Waals surface area contributed by atoms with Gasteiger partial charge in [0.25, 0.3) is 0 Å². The van der Waals surface area contributed by atoms with Crippen molar-refractivity contribution in [3.63, 3.8) is 0 Å². The summed E-state index contributed by atoms with van der Waals surface area (Å²) in [5, 5.41) is 13.8. The van der Waals surface area contributed by atoms with Crippen LogP contribution in [0, 0.1) is 6.92 Å². The second-order valence-electron chi connectivity index (χ2n) is 7.05. The van der Waals surface area contributed by atoms with Crippen LogP contribution in [0.4, 0.5) is 5.95 Å². The molecule has 1 aliphatic rings. The molecule has 1 aliphatic heterocycles. The molecule has 3 heterocycles. The summed E-state index contributed by atoms with van der Waals surface area (Å²) >= 11 is 1.55. The van der Waals surface area contributed by atoms with Crippen LogP contribution in [-0.4, -0.2) is 51.2 Å². The van der Waals surface area contributed by atoms with E-state index in [0.717, 1.165) is 35.7 Å². The quantitative estimate of drug-likeness (QED) is 0.584. The van der Waals surface area contributed by atoms with Gasteiger partial charge in [-0.25, -0.2) is 0 Å². The van der Waals surface area contributed by atoms with Crippen LogP contribution in [0.2, 0.25) is 0 Å². The van der Waals surface area contributed by atoms with E-state index in [0.29, 0.717) is 24.9 Å². The monoisotopic (exact) mass is 400 g/mol. The molecule has 0 saturated carbocycles. The van der Waals surface area contributed by atoms with Crippen molar-refractivity contribution in [3.05, 3.63) is 41.5 Å². The predicted molar refractivity (Wildman–Crippen MR) is 107 cm³/mol. The predicted octanol–water partition coefficient (Wildman–Crippen LogP) is 3.21. The second kappa shape index (κ2) is 8.32. The summed E-state index contributed by atoms with van der Waals surface area (Å²) in [6.07, 6.45) is 0. The average Bonchev–Trinajstić information content (AvgIpc) is 3.34. The van der Waals surface area contributed by atoms with Crippen molar-refractivity contribution in [1.82, 2.24) is 24.9 Å². The van der Waals surface area contributed by atoms with E-state index in [2.05, 4.69) is 61.0 Å². The molecule has 148 valence electrons. The Hall–Kier alpha value is -2.39. The van der Waals surface area contributed by atoms with Crippen molar-refractivity contribution >= 4 is 17.7 Å². The first-order chi connectivity index (χ1) is 13.6. The van der Waals surface area contributed by atoms with Gasteiger partial charge in [0.15, 0.2) is 11.0 Å². The van der Waals surface area contributed by atoms with Gasteiger partial charge in [-0.05, 0) is 24.6 Å². The van der Waals surface area contributed by atoms with Crippen LogP contribution in [0.1, 0.15) is 37.0 Å². The Bertz CT molecular complexity index is 932. The number of aryl methyl sites for hydroxylation is 1. The van der Waals surface area contributed by atoms with Gasteiger partial charge in [-0.1, -0.05) is 42.9 Å². The minimum Gasteiger partial charge on any atom is -0.378 e. The van der Waals surface area contributed by atoms with Crippen LogP contribution in [0.25, 0.3) is 5.69 Å². The molecule has 1 saturated heterocycles. The first-order valence-electron chi connectivity index (χ1n) is 9.42. The summed E-state index contributed by atoms with van der Waals surface area (Å²) in [5.74, 6) is 2.95. The molecular weight excluding hydrogens is 376 g/mol. The maximum Gasteiger partial charge on any atom is 0.237 e. The minimum atomic E-state index is 0.242. The molecule has 2 aromatic heterocycles. The van der Waals surface area contributed by atoms with Crippen LogP contribution in [0.5, 0.6) is 0 Å². The number of anilines is 1. The van der Waals surface area contributed by atoms with Crippen LogP contribution in [0.15, 0.2) is 33.9 Å². The number of morpholine rings is 1. The maximum atomic E-state index is 5.49. The fourth-order valence-corrected chi connectivity index (χ4v) is 3.79. The second-order valence-corrected chi connectivity index (χ2v) is 7.99. The Morgan fingerprint density at radius 2 is 2.00 bits per heavy atom. The molecule has 3 aromatic rings. The zero-order valence-electron chi connectivity index (χ0n) is 16.3. The van der Waals surface area contributed by atoms with Crippen molar-refractivity contribution in [1.29, 1.82) is 0 Å². The van der Waals surface area contributed by atoms with Crippen molar-refractivity contribution in [3.8, 4) is 5.69 Å². The molecular formula is C19H24N6O2S. The number of thioether (sulfide) groups is 1. The first kappa shape index (κ1) is 18.9. The summed E-state index contributed by atoms with van der Waals surface area (Å²) in [6, 6.07) is 8.35. The number of rotatable bonds is 6. The minimum absolute atomic E-state index is 0.242. The topological polar surface area (TPSA) is 82.1 Å². The third-order valence-electron chi connectivity index (χ3n) is 4.49. The van der Waals surface area contributed by atoms with Gasteiger partial charge >= 0.3 is 0 Å². The Morgan fingerprint density at radius 1 is 1.18 bits per heavy atom. The number of hydrogen-bond donors (Lipinski definition) is 0. The Balaban J connectivity index is 1.63. The molecule has 0 bridgehead atoms. The van der Waals surface area contributed by atoms with Gasteiger partial charge in [0.05, 0.1) is 24.7 Å². The van der Waals surface area contributed by atoms with Crippen LogP contribution < -0.4 is 4.90 Å². The molecule has 0 N–H and O–H groups in total. The number of ether oxygens (including phenoxy) is 1. The summed E-state index contributed by atoms with van der Waals surface area (Å²) in [5.41, 5.74) is 2.23. The molecule has 8 nitrogen and oxygen atoms in total. The van der Waals surface area contributed by atoms with Crippen LogP contribution in [0.3, 0.4) is 0 Å². The average molecular weight is 401 g/mol. The highest BCUT2D eigenvalue weighted by molar-refractivity contribution is 7.98. The van der Waals surface area contributed by atoms with Gasteiger partial charge < -0.3 is 14.2 Å². The molecule has 1 aromatic carbocycles. The first-order valence-corrected chi connectivity index (χ1v) is 10.4. The van der Waals surface area contributed by atoms with Crippen LogP contribution in [-0.2, 0) is 10.5 Å². The lowest BCUT2D eigenvalue weighted by Crippen LogP contribution is -2.37. The Morgan fingerprint density at radius 3 is 2.71 bits per heavy atom. The fourth-order valence-electron chi connectivity index (χ4n) is 3.00. The highest BCUT2D eigenvalue weighted by Gasteiger charge is 2.22. The van der Waals surface area contributed by atoms with Gasteiger partial charge in [0.1, 0.15) is 0 Å². The number of benzene rings is 1. The molecule has 0 atom stereocenters. The molecule has 28 heavy (non-hydrogen) atoms. The summed E-state index contributed by atoms with van der Waals surface area (Å²) in [4.78, 5) is 6.67. The van der Waals surface area contributed by atoms with Gasteiger partial charge in [-0.15, -0.1) is 10.2 Å². The normalized spacial score (nSPS) is 14.8. The SMILES string of the molecule is Cc1cccc(-n2c(SCc3nc(C(C)C)no3)nnc2N2CCOCC2)c1. The fraction of sp³-hybridized carbons (Fsp3) is 0.474. The van der Waals surface area contributed by atoms with Crippen molar-refractivity contribution in [2.45, 2.75) is 37.6 Å². The van der Waals surface area contributed by atoms with E-state index in [-0.39, 0.29) is 5.92 Å². The molecule has 0 radical (unpaired) electrons. The lowest BCUT2D eigenvalue weighted by atomic mass is 10.2. The standard InChI is InChI=1S/C19H24N6O2S/c1-13(2)17-20-16(27-23-17)12-28-19-22-21-18(24-7-9-26-10-8-24)25(19)15-6-4-5-14(3)11-15/h4-6,11,13H,7-10,12H2,1-3H3. The van der Waals surface area contributed by atoms with Gasteiger partial charge in [-0.2, -0.15) is 4.98 Å². The molecule has 9 heteroatoms. The van der Waals surface area contributed by atoms with Crippen molar-refractivity contribution in [2.75, 3.05) is 31.2 Å². The Labute approximate surface area is 168 Å². The molecule has 1 fully saturated rings. The van der Waals surface area contributed by atoms with Crippen LogP contribution >= 0.6 is 11.8 Å². The molecule has 0 spiro atoms. The highest BCUT2D eigenvalue weighted by atomic mass is 32.2. The largest absolute Gasteiger partial charge is 0.378 e. The number of hydrogen-bond acceptors (Lipinski definition) is 8. The molecule has 4 rings (SSSR count). The summed E-state index contributed by atoms with van der Waals surface area (Å²) in [7, 11) is 0. The number of nitrogens with zero attached hydrogens (tertiary/aromatic N) is 6. The highest BCUT2D eigenvalue weighted by Crippen LogP contribution is 2.29. The van der Waals surface area contributed by atoms with Gasteiger partial charge in [-0.3, -0.25) is 4.57 Å². The zero-order chi connectivity index (χ0) is 19.5. The number of aromatic nitrogens is 5. The lowest BCUT2D eigenvalue weighted by Gasteiger charge is -2.28. The van der Waals surface area contributed by atoms with Crippen molar-refractivity contribution < 1.29 is 9.26 Å². The lowest BCUT2D eigenvalue weighted by molar-refractivity contribution is 0.122. The molecule has 0 amide bonds. The Kier molecular flexibility index (Phi) is 5.63. The van der Waals surface area contributed by atoms with E-state index in [4.69, 9.17) is 9.26 Å². The van der Waals surface area contributed by atoms with E-state index in [1.165, 1.54) is 5.56 Å². The maximum absolute atomic E-state index is 5.49. The van der Waals surface area contributed by atoms with E-state index in [9.17, 15) is 0 Å². The summed E-state index contributed by atoms with van der Waals surface area (Å²) < 4.78 is 13.0. The van der Waals surface area contributed by atoms with E-state index in [1.54, 1.807) is 11.8 Å². The zero-order valence-corrected chi connectivity index (χ0v) is 17.1. The third-order valence-corrected chi connectivity index (χ3v) is 5.41. The molecule has 0 aliphatic carbocycles. The molecule has 0 unspecified atom stereocenters. The summed E-state index contributed by atoms with van der Waals surface area (Å²) in [6.45, 7) is 9.18. The van der Waals surface area contributed by atoms with E-state index >= 15 is 0 Å². The smallest absolute Gasteiger partial charge is 0.237 e. The third kappa shape index (κ3) is 4.05.